The van der Waals surface area contributed by atoms with Crippen molar-refractivity contribution in [3.8, 4) is 11.3 Å². The number of likely N-dealkylation sites (N-methyl/N-ethyl adjacent to an activating group) is 1. The maximum atomic E-state index is 13.3. The molecule has 0 fully saturated rings. The van der Waals surface area contributed by atoms with Crippen molar-refractivity contribution in [1.29, 1.82) is 0 Å². The lowest BCUT2D eigenvalue weighted by Crippen LogP contribution is -2.45. The Morgan fingerprint density at radius 1 is 1.16 bits per heavy atom. The predicted molar refractivity (Wildman–Crippen MR) is 122 cm³/mol. The number of carbonyl (C=O) groups is 1. The van der Waals surface area contributed by atoms with Crippen LogP contribution in [0.5, 0.6) is 0 Å². The molecule has 2 aromatic carbocycles. The highest BCUT2D eigenvalue weighted by molar-refractivity contribution is 7.14. The standard InChI is InChI=1S/C22H22ClF3N4OS/c1-30(2,3)11-10-27-20(31)29(18-9-5-7-16(13-18)22(24,25)26)21-28-19(14-32-21)15-6-4-8-17(23)12-15/h4-9,12-14H,10-11H2,1-3H3/p+1. The molecule has 32 heavy (non-hydrogen) atoms. The molecular formula is C22H23ClF3N4OS+. The van der Waals surface area contributed by atoms with E-state index in [2.05, 4.69) is 10.3 Å². The van der Waals surface area contributed by atoms with Gasteiger partial charge in [-0.15, -0.1) is 11.3 Å². The van der Waals surface area contributed by atoms with Gasteiger partial charge in [0.25, 0.3) is 0 Å². The number of hydrogen-bond acceptors (Lipinski definition) is 3. The minimum absolute atomic E-state index is 0.0783. The van der Waals surface area contributed by atoms with Crippen LogP contribution in [0.3, 0.4) is 0 Å². The number of nitrogens with zero attached hydrogens (tertiary/aromatic N) is 3. The molecule has 5 nitrogen and oxygen atoms in total. The van der Waals surface area contributed by atoms with E-state index in [0.29, 0.717) is 28.3 Å². The average molecular weight is 484 g/mol. The van der Waals surface area contributed by atoms with Crippen molar-refractivity contribution in [3.63, 3.8) is 0 Å². The zero-order valence-electron chi connectivity index (χ0n) is 17.8. The molecule has 0 saturated carbocycles. The fourth-order valence-corrected chi connectivity index (χ4v) is 3.90. The summed E-state index contributed by atoms with van der Waals surface area (Å²) < 4.78 is 40.5. The van der Waals surface area contributed by atoms with Crippen LogP contribution in [-0.2, 0) is 6.18 Å². The Morgan fingerprint density at radius 3 is 2.53 bits per heavy atom. The SMILES string of the molecule is C[N+](C)(C)CCNC(=O)N(c1cccc(C(F)(F)F)c1)c1nc(-c2cccc(Cl)c2)cs1. The van der Waals surface area contributed by atoms with Gasteiger partial charge < -0.3 is 9.80 Å². The number of halogens is 4. The Labute approximate surface area is 193 Å². The summed E-state index contributed by atoms with van der Waals surface area (Å²) in [4.78, 5) is 18.7. The summed E-state index contributed by atoms with van der Waals surface area (Å²) in [6.45, 7) is 0.998. The van der Waals surface area contributed by atoms with Crippen LogP contribution >= 0.6 is 22.9 Å². The van der Waals surface area contributed by atoms with Crippen LogP contribution in [0.2, 0.25) is 5.02 Å². The van der Waals surface area contributed by atoms with E-state index < -0.39 is 17.8 Å². The monoisotopic (exact) mass is 483 g/mol. The molecule has 1 heterocycles. The van der Waals surface area contributed by atoms with Gasteiger partial charge in [0.1, 0.15) is 0 Å². The normalized spacial score (nSPS) is 12.0. The topological polar surface area (TPSA) is 45.2 Å². The van der Waals surface area contributed by atoms with E-state index in [9.17, 15) is 18.0 Å². The molecule has 0 aliphatic rings. The van der Waals surface area contributed by atoms with Crippen LogP contribution < -0.4 is 10.2 Å². The fourth-order valence-electron chi connectivity index (χ4n) is 2.86. The Morgan fingerprint density at radius 2 is 1.88 bits per heavy atom. The van der Waals surface area contributed by atoms with Crippen molar-refractivity contribution < 1.29 is 22.4 Å². The lowest BCUT2D eigenvalue weighted by Gasteiger charge is -2.25. The van der Waals surface area contributed by atoms with Crippen LogP contribution in [0.4, 0.5) is 28.8 Å². The number of alkyl halides is 3. The number of aromatic nitrogens is 1. The number of hydrogen-bond donors (Lipinski definition) is 1. The number of benzene rings is 2. The first-order chi connectivity index (χ1) is 14.9. The number of thiazole rings is 1. The van der Waals surface area contributed by atoms with Gasteiger partial charge >= 0.3 is 12.2 Å². The van der Waals surface area contributed by atoms with Gasteiger partial charge in [-0.25, -0.2) is 14.7 Å². The number of nitrogens with one attached hydrogen (secondary N) is 1. The molecule has 0 radical (unpaired) electrons. The molecule has 1 N–H and O–H groups in total. The molecule has 0 spiro atoms. The van der Waals surface area contributed by atoms with Crippen molar-refractivity contribution in [3.05, 3.63) is 64.5 Å². The number of rotatable bonds is 6. The van der Waals surface area contributed by atoms with Gasteiger partial charge in [0.2, 0.25) is 0 Å². The van der Waals surface area contributed by atoms with Crippen LogP contribution in [0.1, 0.15) is 5.56 Å². The van der Waals surface area contributed by atoms with E-state index in [1.54, 1.807) is 23.6 Å². The highest BCUT2D eigenvalue weighted by atomic mass is 35.5. The molecule has 0 atom stereocenters. The highest BCUT2D eigenvalue weighted by Crippen LogP contribution is 2.36. The molecule has 0 bridgehead atoms. The Bertz CT molecular complexity index is 1100. The number of quaternary nitrogens is 1. The summed E-state index contributed by atoms with van der Waals surface area (Å²) in [7, 11) is 5.94. The average Bonchev–Trinajstić information content (AvgIpc) is 3.16. The molecule has 0 aliphatic carbocycles. The second-order valence-electron chi connectivity index (χ2n) is 8.16. The van der Waals surface area contributed by atoms with Gasteiger partial charge in [-0.1, -0.05) is 29.8 Å². The zero-order chi connectivity index (χ0) is 23.5. The number of amides is 2. The molecule has 170 valence electrons. The van der Waals surface area contributed by atoms with E-state index in [4.69, 9.17) is 11.6 Å². The van der Waals surface area contributed by atoms with Crippen molar-refractivity contribution in [2.45, 2.75) is 6.18 Å². The Hall–Kier alpha value is -2.62. The van der Waals surface area contributed by atoms with Gasteiger partial charge in [-0.3, -0.25) is 0 Å². The second-order valence-corrected chi connectivity index (χ2v) is 9.43. The van der Waals surface area contributed by atoms with E-state index in [0.717, 1.165) is 29.0 Å². The largest absolute Gasteiger partial charge is 0.416 e. The number of urea groups is 1. The third-order valence-corrected chi connectivity index (χ3v) is 5.56. The summed E-state index contributed by atoms with van der Waals surface area (Å²) in [5.74, 6) is 0. The molecule has 10 heteroatoms. The second kappa shape index (κ2) is 9.48. The molecule has 0 unspecified atom stereocenters. The Balaban J connectivity index is 1.97. The molecular weight excluding hydrogens is 461 g/mol. The summed E-state index contributed by atoms with van der Waals surface area (Å²) >= 11 is 7.22. The maximum absolute atomic E-state index is 13.3. The van der Waals surface area contributed by atoms with Crippen molar-refractivity contribution in [1.82, 2.24) is 10.3 Å². The Kier molecular flexibility index (Phi) is 7.12. The lowest BCUT2D eigenvalue weighted by molar-refractivity contribution is -0.869. The third kappa shape index (κ3) is 6.21. The van der Waals surface area contributed by atoms with Crippen molar-refractivity contribution in [2.24, 2.45) is 0 Å². The quantitative estimate of drug-likeness (QED) is 0.435. The van der Waals surface area contributed by atoms with E-state index >= 15 is 0 Å². The molecule has 1 aromatic heterocycles. The van der Waals surface area contributed by atoms with Crippen molar-refractivity contribution in [2.75, 3.05) is 39.1 Å². The molecule has 0 saturated heterocycles. The smallest absolute Gasteiger partial charge is 0.332 e. The number of carbonyl (C=O) groups excluding carboxylic acids is 1. The summed E-state index contributed by atoms with van der Waals surface area (Å²) in [5, 5.41) is 5.31. The minimum Gasteiger partial charge on any atom is -0.332 e. The summed E-state index contributed by atoms with van der Waals surface area (Å²) in [6.07, 6.45) is -4.53. The highest BCUT2D eigenvalue weighted by Gasteiger charge is 2.32. The number of anilines is 2. The first kappa shape index (κ1) is 24.0. The summed E-state index contributed by atoms with van der Waals surface area (Å²) in [5.41, 5.74) is 0.554. The van der Waals surface area contributed by atoms with Crippen LogP contribution in [0.25, 0.3) is 11.3 Å². The molecule has 2 amide bonds. The fraction of sp³-hybridized carbons (Fsp3) is 0.273. The minimum atomic E-state index is -4.53. The summed E-state index contributed by atoms with van der Waals surface area (Å²) in [6, 6.07) is 11.1. The van der Waals surface area contributed by atoms with Gasteiger partial charge in [0, 0.05) is 16.0 Å². The van der Waals surface area contributed by atoms with E-state index in [1.165, 1.54) is 17.0 Å². The van der Waals surface area contributed by atoms with Gasteiger partial charge in [0.05, 0.1) is 51.2 Å². The molecule has 3 aromatic rings. The first-order valence-electron chi connectivity index (χ1n) is 9.71. The molecule has 0 aliphatic heterocycles. The predicted octanol–water partition coefficient (Wildman–Crippen LogP) is 6.04. The molecule has 3 rings (SSSR count). The zero-order valence-corrected chi connectivity index (χ0v) is 19.4. The van der Waals surface area contributed by atoms with Gasteiger partial charge in [0.15, 0.2) is 5.13 Å². The lowest BCUT2D eigenvalue weighted by atomic mass is 10.2. The van der Waals surface area contributed by atoms with Crippen molar-refractivity contribution >= 4 is 39.8 Å². The van der Waals surface area contributed by atoms with E-state index in [-0.39, 0.29) is 10.8 Å². The maximum Gasteiger partial charge on any atom is 0.416 e. The van der Waals surface area contributed by atoms with Crippen LogP contribution in [0.15, 0.2) is 53.9 Å². The van der Waals surface area contributed by atoms with Crippen LogP contribution in [0, 0.1) is 0 Å². The van der Waals surface area contributed by atoms with E-state index in [1.807, 2.05) is 27.2 Å². The van der Waals surface area contributed by atoms with Gasteiger partial charge in [-0.05, 0) is 30.3 Å². The van der Waals surface area contributed by atoms with Crippen LogP contribution in [-0.4, -0.2) is 49.7 Å². The first-order valence-corrected chi connectivity index (χ1v) is 11.0. The van der Waals surface area contributed by atoms with Gasteiger partial charge in [-0.2, -0.15) is 13.2 Å². The third-order valence-electron chi connectivity index (χ3n) is 4.50.